The minimum atomic E-state index is -0.355. The molecule has 2 N–H and O–H groups in total. The van der Waals surface area contributed by atoms with Crippen LogP contribution < -0.4 is 5.73 Å². The van der Waals surface area contributed by atoms with E-state index < -0.39 is 0 Å². The highest BCUT2D eigenvalue weighted by atomic mass is 79.9. The molecule has 0 atom stereocenters. The molecule has 1 aliphatic rings. The Hall–Kier alpha value is -0.740. The Morgan fingerprint density at radius 2 is 2.00 bits per heavy atom. The SMILES string of the molecule is NCC1(C(=O)Cc2ccc(F)cc2Br)CCCCC1. The summed E-state index contributed by atoms with van der Waals surface area (Å²) >= 11 is 3.32. The van der Waals surface area contributed by atoms with Gasteiger partial charge >= 0.3 is 0 Å². The largest absolute Gasteiger partial charge is 0.329 e. The van der Waals surface area contributed by atoms with Crippen molar-refractivity contribution in [1.29, 1.82) is 0 Å². The summed E-state index contributed by atoms with van der Waals surface area (Å²) in [5.41, 5.74) is 6.35. The normalized spacial score (nSPS) is 18.3. The molecule has 2 rings (SSSR count). The number of nitrogens with two attached hydrogens (primary N) is 1. The van der Waals surface area contributed by atoms with Crippen LogP contribution in [0.4, 0.5) is 4.39 Å². The van der Waals surface area contributed by atoms with Crippen LogP contribution in [-0.2, 0) is 11.2 Å². The number of carbonyl (C=O) groups is 1. The van der Waals surface area contributed by atoms with Crippen LogP contribution >= 0.6 is 15.9 Å². The molecule has 1 aromatic rings. The zero-order chi connectivity index (χ0) is 13.9. The van der Waals surface area contributed by atoms with E-state index in [1.807, 2.05) is 0 Å². The number of hydrogen-bond acceptors (Lipinski definition) is 2. The van der Waals surface area contributed by atoms with Crippen molar-refractivity contribution in [2.45, 2.75) is 38.5 Å². The van der Waals surface area contributed by atoms with Gasteiger partial charge in [-0.05, 0) is 30.5 Å². The molecule has 0 saturated heterocycles. The van der Waals surface area contributed by atoms with Crippen LogP contribution in [0.2, 0.25) is 0 Å². The second kappa shape index (κ2) is 6.14. The number of rotatable bonds is 4. The van der Waals surface area contributed by atoms with Crippen molar-refractivity contribution >= 4 is 21.7 Å². The molecule has 1 aliphatic carbocycles. The van der Waals surface area contributed by atoms with E-state index in [9.17, 15) is 9.18 Å². The maximum atomic E-state index is 13.0. The first-order chi connectivity index (χ1) is 9.07. The van der Waals surface area contributed by atoms with Crippen LogP contribution in [-0.4, -0.2) is 12.3 Å². The Bertz CT molecular complexity index is 469. The van der Waals surface area contributed by atoms with Gasteiger partial charge in [0.05, 0.1) is 0 Å². The Labute approximate surface area is 121 Å². The lowest BCUT2D eigenvalue weighted by Crippen LogP contribution is -2.41. The van der Waals surface area contributed by atoms with E-state index in [0.29, 0.717) is 17.4 Å². The van der Waals surface area contributed by atoms with Gasteiger partial charge in [-0.15, -0.1) is 0 Å². The van der Waals surface area contributed by atoms with E-state index in [-0.39, 0.29) is 17.0 Å². The maximum Gasteiger partial charge on any atom is 0.144 e. The summed E-state index contributed by atoms with van der Waals surface area (Å²) in [6.45, 7) is 0.421. The van der Waals surface area contributed by atoms with Crippen LogP contribution in [0, 0.1) is 11.2 Å². The highest BCUT2D eigenvalue weighted by molar-refractivity contribution is 9.10. The van der Waals surface area contributed by atoms with Crippen molar-refractivity contribution in [1.82, 2.24) is 0 Å². The number of benzene rings is 1. The molecule has 0 unspecified atom stereocenters. The molecule has 104 valence electrons. The molecule has 0 amide bonds. The van der Waals surface area contributed by atoms with Crippen LogP contribution in [0.1, 0.15) is 37.7 Å². The van der Waals surface area contributed by atoms with Gasteiger partial charge in [0.2, 0.25) is 0 Å². The molecule has 1 saturated carbocycles. The number of carbonyl (C=O) groups excluding carboxylic acids is 1. The molecular weight excluding hydrogens is 309 g/mol. The summed E-state index contributed by atoms with van der Waals surface area (Å²) < 4.78 is 13.7. The third-order valence-electron chi connectivity index (χ3n) is 4.16. The molecular formula is C15H19BrFNO. The zero-order valence-electron chi connectivity index (χ0n) is 10.9. The number of halogens is 2. The molecule has 4 heteroatoms. The number of ketones is 1. The molecule has 0 heterocycles. The molecule has 0 aromatic heterocycles. The van der Waals surface area contributed by atoms with E-state index in [0.717, 1.165) is 31.2 Å². The maximum absolute atomic E-state index is 13.0. The summed E-state index contributed by atoms with van der Waals surface area (Å²) in [4.78, 5) is 12.6. The van der Waals surface area contributed by atoms with Crippen molar-refractivity contribution in [3.63, 3.8) is 0 Å². The van der Waals surface area contributed by atoms with Gasteiger partial charge in [0.1, 0.15) is 11.6 Å². The van der Waals surface area contributed by atoms with Gasteiger partial charge in [-0.1, -0.05) is 41.3 Å². The molecule has 0 radical (unpaired) electrons. The first-order valence-electron chi connectivity index (χ1n) is 6.75. The molecule has 0 spiro atoms. The van der Waals surface area contributed by atoms with Crippen molar-refractivity contribution in [2.24, 2.45) is 11.1 Å². The summed E-state index contributed by atoms with van der Waals surface area (Å²) in [6.07, 6.45) is 5.46. The minimum Gasteiger partial charge on any atom is -0.329 e. The molecule has 19 heavy (non-hydrogen) atoms. The fraction of sp³-hybridized carbons (Fsp3) is 0.533. The summed E-state index contributed by atoms with van der Waals surface area (Å²) in [5.74, 6) is -0.101. The highest BCUT2D eigenvalue weighted by Crippen LogP contribution is 2.37. The van der Waals surface area contributed by atoms with Crippen molar-refractivity contribution in [3.05, 3.63) is 34.1 Å². The van der Waals surface area contributed by atoms with Crippen molar-refractivity contribution in [2.75, 3.05) is 6.54 Å². The smallest absolute Gasteiger partial charge is 0.144 e. The number of Topliss-reactive ketones (excluding diaryl/α,β-unsaturated/α-hetero) is 1. The summed E-state index contributed by atoms with van der Waals surface area (Å²) in [5, 5.41) is 0. The van der Waals surface area contributed by atoms with Crippen LogP contribution in [0.25, 0.3) is 0 Å². The topological polar surface area (TPSA) is 43.1 Å². The van der Waals surface area contributed by atoms with Crippen molar-refractivity contribution < 1.29 is 9.18 Å². The van der Waals surface area contributed by atoms with Crippen LogP contribution in [0.3, 0.4) is 0 Å². The third-order valence-corrected chi connectivity index (χ3v) is 4.90. The second-order valence-corrected chi connectivity index (χ2v) is 6.24. The fourth-order valence-electron chi connectivity index (χ4n) is 2.85. The summed E-state index contributed by atoms with van der Waals surface area (Å²) in [7, 11) is 0. The van der Waals surface area contributed by atoms with Gasteiger partial charge in [0, 0.05) is 22.9 Å². The van der Waals surface area contributed by atoms with E-state index in [1.54, 1.807) is 6.07 Å². The lowest BCUT2D eigenvalue weighted by molar-refractivity contribution is -0.129. The first kappa shape index (κ1) is 14.7. The molecule has 1 fully saturated rings. The second-order valence-electron chi connectivity index (χ2n) is 5.38. The predicted molar refractivity (Wildman–Crippen MR) is 77.4 cm³/mol. The highest BCUT2D eigenvalue weighted by Gasteiger charge is 2.37. The van der Waals surface area contributed by atoms with Crippen LogP contribution in [0.15, 0.2) is 22.7 Å². The van der Waals surface area contributed by atoms with Crippen LogP contribution in [0.5, 0.6) is 0 Å². The Kier molecular flexibility index (Phi) is 4.74. The van der Waals surface area contributed by atoms with Gasteiger partial charge in [-0.25, -0.2) is 4.39 Å². The minimum absolute atomic E-state index is 0.196. The Morgan fingerprint density at radius 3 is 2.58 bits per heavy atom. The monoisotopic (exact) mass is 327 g/mol. The first-order valence-corrected chi connectivity index (χ1v) is 7.54. The van der Waals surface area contributed by atoms with Crippen molar-refractivity contribution in [3.8, 4) is 0 Å². The lowest BCUT2D eigenvalue weighted by atomic mass is 9.70. The van der Waals surface area contributed by atoms with E-state index >= 15 is 0 Å². The molecule has 0 aliphatic heterocycles. The van der Waals surface area contributed by atoms with Gasteiger partial charge in [-0.2, -0.15) is 0 Å². The van der Waals surface area contributed by atoms with Gasteiger partial charge in [0.25, 0.3) is 0 Å². The zero-order valence-corrected chi connectivity index (χ0v) is 12.5. The Balaban J connectivity index is 2.15. The lowest BCUT2D eigenvalue weighted by Gasteiger charge is -2.34. The average molecular weight is 328 g/mol. The molecule has 1 aromatic carbocycles. The fourth-order valence-corrected chi connectivity index (χ4v) is 3.34. The molecule has 0 bridgehead atoms. The van der Waals surface area contributed by atoms with Gasteiger partial charge in [-0.3, -0.25) is 4.79 Å². The van der Waals surface area contributed by atoms with Gasteiger partial charge in [0.15, 0.2) is 0 Å². The standard InChI is InChI=1S/C15H19BrFNO/c16-13-9-12(17)5-4-11(13)8-14(19)15(10-18)6-2-1-3-7-15/h4-5,9H,1-3,6-8,10,18H2. The van der Waals surface area contributed by atoms with E-state index in [1.165, 1.54) is 18.6 Å². The quantitative estimate of drug-likeness (QED) is 0.917. The summed E-state index contributed by atoms with van der Waals surface area (Å²) in [6, 6.07) is 4.46. The van der Waals surface area contributed by atoms with Gasteiger partial charge < -0.3 is 5.73 Å². The van der Waals surface area contributed by atoms with E-state index in [2.05, 4.69) is 15.9 Å². The predicted octanol–water partition coefficient (Wildman–Crippen LogP) is 3.61. The number of hydrogen-bond donors (Lipinski definition) is 1. The molecule has 2 nitrogen and oxygen atoms in total. The third kappa shape index (κ3) is 3.23. The Morgan fingerprint density at radius 1 is 1.32 bits per heavy atom. The van der Waals surface area contributed by atoms with E-state index in [4.69, 9.17) is 5.73 Å². The average Bonchev–Trinajstić information content (AvgIpc) is 2.42.